The second-order valence-corrected chi connectivity index (χ2v) is 17.5. The van der Waals surface area contributed by atoms with E-state index in [1.807, 2.05) is 0 Å². The fourth-order valence-corrected chi connectivity index (χ4v) is 8.14. The molecule has 1 aromatic carbocycles. The number of allylic oxidation sites excluding steroid dienone is 1. The Morgan fingerprint density at radius 3 is 2.08 bits per heavy atom. The van der Waals surface area contributed by atoms with Gasteiger partial charge in [-0.2, -0.15) is 0 Å². The van der Waals surface area contributed by atoms with Gasteiger partial charge in [0, 0.05) is 0 Å². The van der Waals surface area contributed by atoms with Crippen molar-refractivity contribution >= 4 is 24.8 Å². The molecule has 1 aliphatic heterocycles. The Labute approximate surface area is 151 Å². The third-order valence-electron chi connectivity index (χ3n) is 5.44. The van der Waals surface area contributed by atoms with Crippen LogP contribution in [-0.2, 0) is 9.31 Å². The first-order valence-corrected chi connectivity index (χ1v) is 15.7. The predicted octanol–water partition coefficient (Wildman–Crippen LogP) is 4.89. The molecule has 0 atom stereocenters. The fourth-order valence-electron chi connectivity index (χ4n) is 3.05. The van der Waals surface area contributed by atoms with Gasteiger partial charge in [-0.15, -0.1) is 0 Å². The minimum absolute atomic E-state index is 0.199. The Bertz CT molecular complexity index is 563. The van der Waals surface area contributed by atoms with Gasteiger partial charge in [-0.25, -0.2) is 0 Å². The molecule has 1 fully saturated rings. The summed E-state index contributed by atoms with van der Waals surface area (Å²) in [7, 11) is -0.199. The van der Waals surface area contributed by atoms with Gasteiger partial charge in [0.05, 0.1) is 0 Å². The van der Waals surface area contributed by atoms with Crippen molar-refractivity contribution in [3.8, 4) is 0 Å². The van der Waals surface area contributed by atoms with Crippen molar-refractivity contribution in [3.05, 3.63) is 40.7 Å². The SMILES string of the molecule is CCCC/C(=[CH]/[Ge]([CH3])([CH3])[c]1ccccc1)B1OC(C)(C)C(C)(C)O1. The maximum absolute atomic E-state index is 6.34. The van der Waals surface area contributed by atoms with Gasteiger partial charge in [-0.05, 0) is 0 Å². The van der Waals surface area contributed by atoms with Crippen LogP contribution in [0.2, 0.25) is 11.5 Å². The molecule has 1 saturated heterocycles. The van der Waals surface area contributed by atoms with Gasteiger partial charge < -0.3 is 0 Å². The second kappa shape index (κ2) is 7.39. The normalized spacial score (nSPS) is 20.5. The van der Waals surface area contributed by atoms with E-state index < -0.39 is 13.3 Å². The molecule has 0 aliphatic carbocycles. The molecule has 132 valence electrons. The molecule has 2 nitrogen and oxygen atoms in total. The first kappa shape index (κ1) is 19.8. The van der Waals surface area contributed by atoms with Crippen LogP contribution in [0, 0.1) is 0 Å². The average molecular weight is 389 g/mol. The van der Waals surface area contributed by atoms with Crippen LogP contribution in [0.25, 0.3) is 0 Å². The molecular weight excluding hydrogens is 356 g/mol. The summed E-state index contributed by atoms with van der Waals surface area (Å²) >= 11 is -2.24. The summed E-state index contributed by atoms with van der Waals surface area (Å²) in [5, 5.41) is 0. The summed E-state index contributed by atoms with van der Waals surface area (Å²) in [5.41, 5.74) is 0.809. The summed E-state index contributed by atoms with van der Waals surface area (Å²) in [5.74, 6) is 4.90. The van der Waals surface area contributed by atoms with Gasteiger partial charge in [0.25, 0.3) is 0 Å². The zero-order valence-corrected chi connectivity index (χ0v) is 18.6. The van der Waals surface area contributed by atoms with Gasteiger partial charge in [0.15, 0.2) is 0 Å². The molecule has 0 radical (unpaired) electrons. The molecule has 24 heavy (non-hydrogen) atoms. The van der Waals surface area contributed by atoms with Gasteiger partial charge >= 0.3 is 151 Å². The summed E-state index contributed by atoms with van der Waals surface area (Å²) in [6, 6.07) is 10.9. The maximum atomic E-state index is 6.34. The topological polar surface area (TPSA) is 18.5 Å². The molecule has 4 heteroatoms. The first-order chi connectivity index (χ1) is 11.1. The number of unbranched alkanes of at least 4 members (excludes halogenated alkanes) is 1. The summed E-state index contributed by atoms with van der Waals surface area (Å²) in [4.78, 5) is 2.55. The van der Waals surface area contributed by atoms with Crippen molar-refractivity contribution in [1.29, 1.82) is 0 Å². The van der Waals surface area contributed by atoms with Gasteiger partial charge in [0.2, 0.25) is 0 Å². The van der Waals surface area contributed by atoms with Crippen LogP contribution in [0.5, 0.6) is 0 Å². The number of hydrogen-bond donors (Lipinski definition) is 0. The van der Waals surface area contributed by atoms with E-state index in [4.69, 9.17) is 9.31 Å². The van der Waals surface area contributed by atoms with Crippen molar-refractivity contribution in [1.82, 2.24) is 0 Å². The van der Waals surface area contributed by atoms with Crippen molar-refractivity contribution < 1.29 is 9.31 Å². The number of rotatable bonds is 6. The van der Waals surface area contributed by atoms with Crippen LogP contribution in [-0.4, -0.2) is 31.6 Å². The average Bonchev–Trinajstić information content (AvgIpc) is 2.72. The van der Waals surface area contributed by atoms with Crippen LogP contribution >= 0.6 is 0 Å². The molecule has 0 aromatic heterocycles. The van der Waals surface area contributed by atoms with E-state index in [1.54, 1.807) is 0 Å². The van der Waals surface area contributed by atoms with E-state index in [9.17, 15) is 0 Å². The van der Waals surface area contributed by atoms with Crippen LogP contribution in [0.3, 0.4) is 0 Å². The summed E-state index contributed by atoms with van der Waals surface area (Å²) < 4.78 is 14.2. The van der Waals surface area contributed by atoms with Crippen molar-refractivity contribution in [2.45, 2.75) is 76.6 Å². The van der Waals surface area contributed by atoms with Crippen LogP contribution in [0.4, 0.5) is 0 Å². The molecule has 0 unspecified atom stereocenters. The minimum atomic E-state index is -2.24. The first-order valence-electron chi connectivity index (χ1n) is 9.22. The predicted molar refractivity (Wildman–Crippen MR) is 107 cm³/mol. The molecule has 0 bridgehead atoms. The van der Waals surface area contributed by atoms with E-state index in [0.717, 1.165) is 6.42 Å². The summed E-state index contributed by atoms with van der Waals surface area (Å²) in [6.07, 6.45) is 3.44. The summed E-state index contributed by atoms with van der Waals surface area (Å²) in [6.45, 7) is 10.8. The number of benzene rings is 1. The van der Waals surface area contributed by atoms with Crippen molar-refractivity contribution in [2.24, 2.45) is 0 Å². The molecule has 0 saturated carbocycles. The van der Waals surface area contributed by atoms with Gasteiger partial charge in [0.1, 0.15) is 0 Å². The van der Waals surface area contributed by atoms with E-state index >= 15 is 0 Å². The third-order valence-corrected chi connectivity index (χ3v) is 11.6. The number of hydrogen-bond acceptors (Lipinski definition) is 2. The van der Waals surface area contributed by atoms with Gasteiger partial charge in [-0.1, -0.05) is 0 Å². The second-order valence-electron chi connectivity index (χ2n) is 8.50. The van der Waals surface area contributed by atoms with Crippen LogP contribution < -0.4 is 4.40 Å². The monoisotopic (exact) mass is 390 g/mol. The quantitative estimate of drug-likeness (QED) is 0.646. The van der Waals surface area contributed by atoms with Gasteiger partial charge in [-0.3, -0.25) is 0 Å². The van der Waals surface area contributed by atoms with E-state index in [-0.39, 0.29) is 18.3 Å². The van der Waals surface area contributed by atoms with Crippen LogP contribution in [0.15, 0.2) is 40.7 Å². The Morgan fingerprint density at radius 1 is 1.04 bits per heavy atom. The Balaban J connectivity index is 2.32. The third kappa shape index (κ3) is 4.36. The molecule has 2 rings (SSSR count). The standard InChI is InChI=1S/C20H33BGeO2/c1-8-9-13-17(21-23-19(2,3)20(4,5)24-21)16-22(6,7)18-14-11-10-12-15-18/h10-12,14-16H,8-9,13H2,1-7H3/b17-16-. The Morgan fingerprint density at radius 2 is 1.58 bits per heavy atom. The molecular formula is C20H33BGeO2. The molecule has 0 N–H and O–H groups in total. The molecule has 1 aromatic rings. The van der Waals surface area contributed by atoms with Crippen LogP contribution in [0.1, 0.15) is 53.9 Å². The Kier molecular flexibility index (Phi) is 6.10. The molecule has 0 spiro atoms. The zero-order valence-electron chi connectivity index (χ0n) is 16.5. The Hall–Kier alpha value is -0.512. The molecule has 0 amide bonds. The zero-order chi connectivity index (χ0) is 18.0. The van der Waals surface area contributed by atoms with Crippen molar-refractivity contribution in [2.75, 3.05) is 0 Å². The fraction of sp³-hybridized carbons (Fsp3) is 0.600. The van der Waals surface area contributed by atoms with E-state index in [2.05, 4.69) is 81.4 Å². The molecule has 1 aliphatic rings. The molecule has 1 heterocycles. The van der Waals surface area contributed by atoms with Crippen molar-refractivity contribution in [3.63, 3.8) is 0 Å². The van der Waals surface area contributed by atoms with E-state index in [1.165, 1.54) is 22.7 Å². The van der Waals surface area contributed by atoms with E-state index in [0.29, 0.717) is 0 Å².